The summed E-state index contributed by atoms with van der Waals surface area (Å²) in [6.45, 7) is 1.96. The number of hydrogen-bond donors (Lipinski definition) is 1. The molecule has 0 saturated heterocycles. The molecule has 94 valence electrons. The maximum absolute atomic E-state index is 10.9. The van der Waals surface area contributed by atoms with Gasteiger partial charge in [-0.15, -0.1) is 0 Å². The lowest BCUT2D eigenvalue weighted by atomic mass is 9.84. The Morgan fingerprint density at radius 3 is 2.28 bits per heavy atom. The van der Waals surface area contributed by atoms with Crippen LogP contribution in [-0.2, 0) is 5.60 Å². The zero-order valence-electron chi connectivity index (χ0n) is 10.0. The molecule has 0 aliphatic heterocycles. The SMILES string of the molecule is CCC(O)(c1cccc(Cl)c1)c1cccc(Br)c1. The molecule has 0 amide bonds. The Morgan fingerprint density at radius 2 is 1.72 bits per heavy atom. The van der Waals surface area contributed by atoms with Gasteiger partial charge in [-0.05, 0) is 41.8 Å². The van der Waals surface area contributed by atoms with Crippen LogP contribution in [0, 0.1) is 0 Å². The van der Waals surface area contributed by atoms with Gasteiger partial charge in [-0.1, -0.05) is 58.7 Å². The second-order valence-corrected chi connectivity index (χ2v) is 5.59. The molecule has 3 heteroatoms. The molecule has 2 rings (SSSR count). The van der Waals surface area contributed by atoms with E-state index < -0.39 is 5.60 Å². The molecule has 0 fully saturated rings. The minimum Gasteiger partial charge on any atom is -0.380 e. The van der Waals surface area contributed by atoms with E-state index in [4.69, 9.17) is 11.6 Å². The highest BCUT2D eigenvalue weighted by Crippen LogP contribution is 2.34. The van der Waals surface area contributed by atoms with Gasteiger partial charge in [-0.2, -0.15) is 0 Å². The van der Waals surface area contributed by atoms with E-state index in [-0.39, 0.29) is 0 Å². The molecule has 0 saturated carbocycles. The summed E-state index contributed by atoms with van der Waals surface area (Å²) in [4.78, 5) is 0. The van der Waals surface area contributed by atoms with Crippen molar-refractivity contribution >= 4 is 27.5 Å². The highest BCUT2D eigenvalue weighted by Gasteiger charge is 2.29. The summed E-state index contributed by atoms with van der Waals surface area (Å²) >= 11 is 9.44. The molecule has 1 N–H and O–H groups in total. The minimum atomic E-state index is -1.01. The Hall–Kier alpha value is -0.830. The number of aliphatic hydroxyl groups is 1. The fourth-order valence-electron chi connectivity index (χ4n) is 2.07. The summed E-state index contributed by atoms with van der Waals surface area (Å²) in [7, 11) is 0. The number of rotatable bonds is 3. The maximum atomic E-state index is 10.9. The molecule has 18 heavy (non-hydrogen) atoms. The van der Waals surface area contributed by atoms with E-state index in [2.05, 4.69) is 15.9 Å². The average molecular weight is 326 g/mol. The summed E-state index contributed by atoms with van der Waals surface area (Å²) < 4.78 is 0.953. The van der Waals surface area contributed by atoms with Crippen LogP contribution in [0.15, 0.2) is 53.0 Å². The summed E-state index contributed by atoms with van der Waals surface area (Å²) in [5.41, 5.74) is 0.673. The van der Waals surface area contributed by atoms with Crippen molar-refractivity contribution in [1.29, 1.82) is 0 Å². The molecule has 2 aromatic carbocycles. The molecule has 1 unspecified atom stereocenters. The van der Waals surface area contributed by atoms with Gasteiger partial charge in [0.1, 0.15) is 5.60 Å². The van der Waals surface area contributed by atoms with Crippen LogP contribution in [0.4, 0.5) is 0 Å². The summed E-state index contributed by atoms with van der Waals surface area (Å²) in [5, 5.41) is 11.6. The number of halogens is 2. The summed E-state index contributed by atoms with van der Waals surface area (Å²) in [5.74, 6) is 0. The van der Waals surface area contributed by atoms with Crippen molar-refractivity contribution in [3.05, 3.63) is 69.2 Å². The molecule has 0 radical (unpaired) electrons. The third kappa shape index (κ3) is 2.61. The van der Waals surface area contributed by atoms with E-state index in [0.717, 1.165) is 15.6 Å². The van der Waals surface area contributed by atoms with Crippen molar-refractivity contribution in [1.82, 2.24) is 0 Å². The van der Waals surface area contributed by atoms with Crippen LogP contribution in [-0.4, -0.2) is 5.11 Å². The fraction of sp³-hybridized carbons (Fsp3) is 0.200. The predicted octanol–water partition coefficient (Wildman–Crippen LogP) is 4.75. The first-order valence-electron chi connectivity index (χ1n) is 5.80. The van der Waals surface area contributed by atoms with Gasteiger partial charge in [0.2, 0.25) is 0 Å². The van der Waals surface area contributed by atoms with Crippen LogP contribution in [0.3, 0.4) is 0 Å². The van der Waals surface area contributed by atoms with Crippen LogP contribution in [0.5, 0.6) is 0 Å². The monoisotopic (exact) mass is 324 g/mol. The maximum Gasteiger partial charge on any atom is 0.114 e. The van der Waals surface area contributed by atoms with Gasteiger partial charge in [0.15, 0.2) is 0 Å². The molecule has 0 spiro atoms. The van der Waals surface area contributed by atoms with Crippen LogP contribution in [0.1, 0.15) is 24.5 Å². The zero-order valence-corrected chi connectivity index (χ0v) is 12.4. The molecule has 1 nitrogen and oxygen atoms in total. The van der Waals surface area contributed by atoms with E-state index in [0.29, 0.717) is 11.4 Å². The largest absolute Gasteiger partial charge is 0.380 e. The van der Waals surface area contributed by atoms with Gasteiger partial charge in [-0.25, -0.2) is 0 Å². The van der Waals surface area contributed by atoms with E-state index in [1.165, 1.54) is 0 Å². The van der Waals surface area contributed by atoms with Crippen molar-refractivity contribution in [3.8, 4) is 0 Å². The second-order valence-electron chi connectivity index (χ2n) is 4.23. The quantitative estimate of drug-likeness (QED) is 0.863. The Labute approximate surface area is 121 Å². The Bertz CT molecular complexity index is 508. The van der Waals surface area contributed by atoms with Gasteiger partial charge in [0, 0.05) is 9.50 Å². The molecule has 0 bridgehead atoms. The van der Waals surface area contributed by atoms with Gasteiger partial charge >= 0.3 is 0 Å². The Kier molecular flexibility index (Phi) is 4.10. The first-order valence-corrected chi connectivity index (χ1v) is 6.98. The Morgan fingerprint density at radius 1 is 1.11 bits per heavy atom. The van der Waals surface area contributed by atoms with Crippen LogP contribution in [0.2, 0.25) is 5.02 Å². The lowest BCUT2D eigenvalue weighted by Crippen LogP contribution is -2.26. The first kappa shape index (κ1) is 13.6. The van der Waals surface area contributed by atoms with Crippen molar-refractivity contribution in [2.24, 2.45) is 0 Å². The minimum absolute atomic E-state index is 0.587. The van der Waals surface area contributed by atoms with E-state index >= 15 is 0 Å². The predicted molar refractivity (Wildman–Crippen MR) is 78.9 cm³/mol. The first-order chi connectivity index (χ1) is 8.56. The van der Waals surface area contributed by atoms with Gasteiger partial charge in [0.25, 0.3) is 0 Å². The average Bonchev–Trinajstić information content (AvgIpc) is 2.38. The molecule has 0 heterocycles. The van der Waals surface area contributed by atoms with E-state index in [1.54, 1.807) is 0 Å². The third-order valence-electron chi connectivity index (χ3n) is 3.12. The standard InChI is InChI=1S/C15H14BrClO/c1-2-15(18,11-5-3-7-13(16)9-11)12-6-4-8-14(17)10-12/h3-10,18H,2H2,1H3. The van der Waals surface area contributed by atoms with Gasteiger partial charge < -0.3 is 5.11 Å². The van der Waals surface area contributed by atoms with Crippen molar-refractivity contribution in [3.63, 3.8) is 0 Å². The molecular weight excluding hydrogens is 312 g/mol. The lowest BCUT2D eigenvalue weighted by Gasteiger charge is -2.28. The molecule has 0 aromatic heterocycles. The third-order valence-corrected chi connectivity index (χ3v) is 3.84. The topological polar surface area (TPSA) is 20.2 Å². The van der Waals surface area contributed by atoms with Crippen LogP contribution in [0.25, 0.3) is 0 Å². The zero-order chi connectivity index (χ0) is 13.2. The van der Waals surface area contributed by atoms with Crippen LogP contribution >= 0.6 is 27.5 Å². The molecule has 0 aliphatic rings. The van der Waals surface area contributed by atoms with Gasteiger partial charge in [-0.3, -0.25) is 0 Å². The molecular formula is C15H14BrClO. The Balaban J connectivity index is 2.54. The van der Waals surface area contributed by atoms with E-state index in [9.17, 15) is 5.11 Å². The number of benzene rings is 2. The summed E-state index contributed by atoms with van der Waals surface area (Å²) in [6, 6.07) is 15.1. The fourth-order valence-corrected chi connectivity index (χ4v) is 2.66. The van der Waals surface area contributed by atoms with Crippen molar-refractivity contribution in [2.45, 2.75) is 18.9 Å². The molecule has 0 aliphatic carbocycles. The van der Waals surface area contributed by atoms with Crippen molar-refractivity contribution in [2.75, 3.05) is 0 Å². The van der Waals surface area contributed by atoms with E-state index in [1.807, 2.05) is 55.5 Å². The molecule has 1 atom stereocenters. The highest BCUT2D eigenvalue weighted by molar-refractivity contribution is 9.10. The van der Waals surface area contributed by atoms with Crippen LogP contribution < -0.4 is 0 Å². The lowest BCUT2D eigenvalue weighted by molar-refractivity contribution is 0.0765. The normalized spacial score (nSPS) is 14.2. The number of hydrogen-bond acceptors (Lipinski definition) is 1. The smallest absolute Gasteiger partial charge is 0.114 e. The second kappa shape index (κ2) is 5.43. The molecule has 2 aromatic rings. The highest BCUT2D eigenvalue weighted by atomic mass is 79.9. The van der Waals surface area contributed by atoms with Crippen molar-refractivity contribution < 1.29 is 5.11 Å². The summed E-state index contributed by atoms with van der Waals surface area (Å²) in [6.07, 6.45) is 0.587. The van der Waals surface area contributed by atoms with Gasteiger partial charge in [0.05, 0.1) is 0 Å².